The van der Waals surface area contributed by atoms with E-state index in [-0.39, 0.29) is 18.6 Å². The van der Waals surface area contributed by atoms with Crippen molar-refractivity contribution in [2.75, 3.05) is 6.61 Å². The highest BCUT2D eigenvalue weighted by molar-refractivity contribution is 4.77. The molecule has 0 radical (unpaired) electrons. The van der Waals surface area contributed by atoms with Crippen molar-refractivity contribution in [2.24, 2.45) is 5.92 Å². The SMILES string of the molecule is CC(C)C(CCO)n1c(=O)[nH][nH]c1=O. The van der Waals surface area contributed by atoms with E-state index in [0.29, 0.717) is 6.42 Å². The molecule has 14 heavy (non-hydrogen) atoms. The van der Waals surface area contributed by atoms with Crippen LogP contribution in [0.5, 0.6) is 0 Å². The largest absolute Gasteiger partial charge is 0.396 e. The fraction of sp³-hybridized carbons (Fsp3) is 0.750. The number of nitrogens with zero attached hydrogens (tertiary/aromatic N) is 1. The zero-order valence-corrected chi connectivity index (χ0v) is 8.28. The van der Waals surface area contributed by atoms with Gasteiger partial charge in [0.25, 0.3) is 0 Å². The summed E-state index contributed by atoms with van der Waals surface area (Å²) < 4.78 is 1.11. The maximum absolute atomic E-state index is 11.3. The Kier molecular flexibility index (Phi) is 3.29. The van der Waals surface area contributed by atoms with Gasteiger partial charge in [0.2, 0.25) is 0 Å². The van der Waals surface area contributed by atoms with Gasteiger partial charge in [-0.15, -0.1) is 0 Å². The van der Waals surface area contributed by atoms with Crippen molar-refractivity contribution in [1.29, 1.82) is 0 Å². The number of hydrogen-bond donors (Lipinski definition) is 3. The van der Waals surface area contributed by atoms with Crippen molar-refractivity contribution in [3.63, 3.8) is 0 Å². The van der Waals surface area contributed by atoms with Crippen molar-refractivity contribution in [2.45, 2.75) is 26.3 Å². The quantitative estimate of drug-likeness (QED) is 0.610. The molecule has 0 bridgehead atoms. The van der Waals surface area contributed by atoms with E-state index in [1.807, 2.05) is 13.8 Å². The first-order chi connectivity index (χ1) is 6.57. The standard InChI is InChI=1S/C8H15N3O3/c1-5(2)6(3-4-12)11-7(13)9-10-8(11)14/h5-6,12H,3-4H2,1-2H3,(H,9,13)(H,10,14). The van der Waals surface area contributed by atoms with Crippen molar-refractivity contribution in [3.8, 4) is 0 Å². The van der Waals surface area contributed by atoms with Crippen LogP contribution in [0.1, 0.15) is 26.3 Å². The Hall–Kier alpha value is -1.30. The second kappa shape index (κ2) is 4.28. The predicted octanol–water partition coefficient (Wildman–Crippen LogP) is -0.556. The summed E-state index contributed by atoms with van der Waals surface area (Å²) in [5.74, 6) is 0.122. The zero-order valence-electron chi connectivity index (χ0n) is 8.28. The van der Waals surface area contributed by atoms with Crippen LogP contribution in [0, 0.1) is 5.92 Å². The van der Waals surface area contributed by atoms with E-state index in [1.54, 1.807) is 0 Å². The van der Waals surface area contributed by atoms with E-state index < -0.39 is 11.4 Å². The molecular formula is C8H15N3O3. The lowest BCUT2D eigenvalue weighted by molar-refractivity contribution is 0.228. The number of aliphatic hydroxyl groups excluding tert-OH is 1. The predicted molar refractivity (Wildman–Crippen MR) is 51.3 cm³/mol. The maximum Gasteiger partial charge on any atom is 0.344 e. The molecule has 1 heterocycles. The number of hydrogen-bond acceptors (Lipinski definition) is 3. The van der Waals surface area contributed by atoms with E-state index in [9.17, 15) is 9.59 Å². The molecule has 80 valence electrons. The van der Waals surface area contributed by atoms with Crippen LogP contribution in [-0.2, 0) is 0 Å². The number of H-pyrrole nitrogens is 2. The second-order valence-corrected chi connectivity index (χ2v) is 3.55. The lowest BCUT2D eigenvalue weighted by Gasteiger charge is -2.18. The lowest BCUT2D eigenvalue weighted by atomic mass is 10.0. The topological polar surface area (TPSA) is 90.9 Å². The van der Waals surface area contributed by atoms with Crippen molar-refractivity contribution in [1.82, 2.24) is 14.8 Å². The van der Waals surface area contributed by atoms with Gasteiger partial charge in [-0.2, -0.15) is 0 Å². The van der Waals surface area contributed by atoms with Crippen LogP contribution in [0.2, 0.25) is 0 Å². The molecule has 6 heteroatoms. The zero-order chi connectivity index (χ0) is 10.7. The minimum Gasteiger partial charge on any atom is -0.396 e. The number of rotatable bonds is 4. The first kappa shape index (κ1) is 10.8. The molecule has 0 aromatic carbocycles. The third kappa shape index (κ3) is 1.95. The highest BCUT2D eigenvalue weighted by Crippen LogP contribution is 2.17. The number of aliphatic hydroxyl groups is 1. The average Bonchev–Trinajstić information content (AvgIpc) is 2.43. The maximum atomic E-state index is 11.3. The van der Waals surface area contributed by atoms with Crippen molar-refractivity contribution >= 4 is 0 Å². The molecule has 0 aliphatic carbocycles. The Morgan fingerprint density at radius 3 is 2.14 bits per heavy atom. The van der Waals surface area contributed by atoms with Crippen LogP contribution in [0.4, 0.5) is 0 Å². The van der Waals surface area contributed by atoms with Gasteiger partial charge >= 0.3 is 11.4 Å². The van der Waals surface area contributed by atoms with E-state index in [1.165, 1.54) is 0 Å². The van der Waals surface area contributed by atoms with Gasteiger partial charge < -0.3 is 5.11 Å². The summed E-state index contributed by atoms with van der Waals surface area (Å²) >= 11 is 0. The third-order valence-electron chi connectivity index (χ3n) is 2.24. The van der Waals surface area contributed by atoms with E-state index in [2.05, 4.69) is 10.2 Å². The van der Waals surface area contributed by atoms with Gasteiger partial charge in [-0.3, -0.25) is 0 Å². The van der Waals surface area contributed by atoms with Crippen molar-refractivity contribution < 1.29 is 5.11 Å². The van der Waals surface area contributed by atoms with Gasteiger partial charge in [-0.05, 0) is 12.3 Å². The average molecular weight is 201 g/mol. The summed E-state index contributed by atoms with van der Waals surface area (Å²) in [7, 11) is 0. The summed E-state index contributed by atoms with van der Waals surface area (Å²) in [5.41, 5.74) is -0.913. The van der Waals surface area contributed by atoms with E-state index >= 15 is 0 Å². The number of aromatic amines is 2. The monoisotopic (exact) mass is 201 g/mol. The Labute approximate surface area is 80.6 Å². The second-order valence-electron chi connectivity index (χ2n) is 3.55. The van der Waals surface area contributed by atoms with Gasteiger partial charge in [0.15, 0.2) is 0 Å². The minimum atomic E-state index is -0.456. The minimum absolute atomic E-state index is 0.0418. The summed E-state index contributed by atoms with van der Waals surface area (Å²) in [5, 5.41) is 13.3. The van der Waals surface area contributed by atoms with Gasteiger partial charge in [0, 0.05) is 12.6 Å². The molecule has 1 rings (SSSR count). The van der Waals surface area contributed by atoms with Crippen LogP contribution in [0.25, 0.3) is 0 Å². The molecule has 6 nitrogen and oxygen atoms in total. The lowest BCUT2D eigenvalue weighted by Crippen LogP contribution is -2.34. The molecule has 1 aromatic rings. The van der Waals surface area contributed by atoms with Gasteiger partial charge in [0.05, 0.1) is 0 Å². The number of nitrogens with one attached hydrogen (secondary N) is 2. The normalized spacial score (nSPS) is 13.4. The van der Waals surface area contributed by atoms with Crippen LogP contribution in [-0.4, -0.2) is 26.5 Å². The molecule has 0 amide bonds. The van der Waals surface area contributed by atoms with Gasteiger partial charge in [-0.1, -0.05) is 13.8 Å². The Bertz CT molecular complexity index is 360. The smallest absolute Gasteiger partial charge is 0.344 e. The highest BCUT2D eigenvalue weighted by atomic mass is 16.3. The Morgan fingerprint density at radius 2 is 1.79 bits per heavy atom. The molecule has 0 fully saturated rings. The Balaban J connectivity index is 3.11. The van der Waals surface area contributed by atoms with Crippen molar-refractivity contribution in [3.05, 3.63) is 21.0 Å². The van der Waals surface area contributed by atoms with E-state index in [0.717, 1.165) is 4.57 Å². The highest BCUT2D eigenvalue weighted by Gasteiger charge is 2.19. The van der Waals surface area contributed by atoms with Gasteiger partial charge in [-0.25, -0.2) is 24.4 Å². The summed E-state index contributed by atoms with van der Waals surface area (Å²) in [6, 6.07) is -0.262. The summed E-state index contributed by atoms with van der Waals surface area (Å²) in [6.45, 7) is 3.76. The summed E-state index contributed by atoms with van der Waals surface area (Å²) in [6.07, 6.45) is 0.401. The number of aromatic nitrogens is 3. The molecule has 0 saturated heterocycles. The molecule has 0 saturated carbocycles. The molecule has 3 N–H and O–H groups in total. The van der Waals surface area contributed by atoms with Crippen LogP contribution in [0.3, 0.4) is 0 Å². The van der Waals surface area contributed by atoms with Crippen LogP contribution in [0.15, 0.2) is 9.59 Å². The van der Waals surface area contributed by atoms with Crippen LogP contribution >= 0.6 is 0 Å². The fourth-order valence-electron chi connectivity index (χ4n) is 1.51. The molecule has 1 atom stereocenters. The fourth-order valence-corrected chi connectivity index (χ4v) is 1.51. The molecule has 1 unspecified atom stereocenters. The third-order valence-corrected chi connectivity index (χ3v) is 2.24. The Morgan fingerprint density at radius 1 is 1.29 bits per heavy atom. The molecule has 0 aliphatic rings. The first-order valence-electron chi connectivity index (χ1n) is 4.58. The first-order valence-corrected chi connectivity index (χ1v) is 4.58. The molecule has 1 aromatic heterocycles. The van der Waals surface area contributed by atoms with E-state index in [4.69, 9.17) is 5.11 Å². The van der Waals surface area contributed by atoms with Gasteiger partial charge in [0.1, 0.15) is 0 Å². The summed E-state index contributed by atoms with van der Waals surface area (Å²) in [4.78, 5) is 22.5. The van der Waals surface area contributed by atoms with Crippen LogP contribution < -0.4 is 11.4 Å². The molecule has 0 spiro atoms. The molecule has 0 aliphatic heterocycles. The molecular weight excluding hydrogens is 186 g/mol.